The van der Waals surface area contributed by atoms with Crippen LogP contribution < -0.4 is 10.2 Å². The van der Waals surface area contributed by atoms with Gasteiger partial charge in [0.2, 0.25) is 0 Å². The van der Waals surface area contributed by atoms with Crippen molar-refractivity contribution in [1.29, 1.82) is 0 Å². The Kier molecular flexibility index (Phi) is 7.57. The molecule has 1 saturated heterocycles. The van der Waals surface area contributed by atoms with Crippen molar-refractivity contribution < 1.29 is 41.4 Å². The number of fused-ring (bicyclic) bond motifs is 1. The summed E-state index contributed by atoms with van der Waals surface area (Å²) < 4.78 is 62.8. The first-order valence-corrected chi connectivity index (χ1v) is 12.2. The molecule has 1 fully saturated rings. The van der Waals surface area contributed by atoms with E-state index in [1.807, 2.05) is 0 Å². The molecule has 2 aromatic carbocycles. The fraction of sp³-hybridized carbons (Fsp3) is 0.370. The number of para-hydroxylation sites is 1. The van der Waals surface area contributed by atoms with Crippen LogP contribution in [0.1, 0.15) is 32.8 Å². The second-order valence-corrected chi connectivity index (χ2v) is 10.4. The van der Waals surface area contributed by atoms with Crippen LogP contribution in [0.25, 0.3) is 22.3 Å². The van der Waals surface area contributed by atoms with Crippen molar-refractivity contribution in [3.05, 3.63) is 63.3 Å². The number of hydrogen-bond donors (Lipinski definition) is 0. The van der Waals surface area contributed by atoms with Gasteiger partial charge in [-0.15, -0.1) is 0 Å². The predicted octanol–water partition coefficient (Wildman–Crippen LogP) is 6.06. The zero-order valence-corrected chi connectivity index (χ0v) is 22.2. The minimum absolute atomic E-state index is 0.0484. The van der Waals surface area contributed by atoms with Gasteiger partial charge in [-0.2, -0.15) is 13.2 Å². The summed E-state index contributed by atoms with van der Waals surface area (Å²) in [6.07, 6.45) is -6.49. The van der Waals surface area contributed by atoms with Crippen LogP contribution in [0, 0.1) is 0 Å². The van der Waals surface area contributed by atoms with Crippen molar-refractivity contribution in [1.82, 2.24) is 4.90 Å². The van der Waals surface area contributed by atoms with Crippen LogP contribution in [0.5, 0.6) is 5.75 Å². The Hall–Kier alpha value is -3.73. The molecule has 0 bridgehead atoms. The fourth-order valence-electron chi connectivity index (χ4n) is 4.22. The van der Waals surface area contributed by atoms with Crippen molar-refractivity contribution in [2.45, 2.75) is 51.1 Å². The molecular weight excluding hydrogens is 543 g/mol. The van der Waals surface area contributed by atoms with E-state index in [1.165, 1.54) is 12.1 Å². The number of carbonyl (C=O) groups excluding carboxylic acids is 2. The van der Waals surface area contributed by atoms with Crippen molar-refractivity contribution >= 4 is 34.6 Å². The van der Waals surface area contributed by atoms with Gasteiger partial charge >= 0.3 is 18.2 Å². The Bertz CT molecular complexity index is 1480. The SMILES string of the molecule is COC(=O)[C@@H]1C[C@@H](Oc2cc(C(F)(F)F)ccc2-c2cc(=O)c3cccc(Cl)c3o2)CN1C(=O)OC(C)(C)C. The average Bonchev–Trinajstić information content (AvgIpc) is 3.26. The van der Waals surface area contributed by atoms with Gasteiger partial charge in [-0.3, -0.25) is 9.69 Å². The highest BCUT2D eigenvalue weighted by Gasteiger charge is 2.44. The molecule has 0 radical (unpaired) electrons. The molecule has 8 nitrogen and oxygen atoms in total. The Balaban J connectivity index is 1.75. The Morgan fingerprint density at radius 3 is 2.46 bits per heavy atom. The second kappa shape index (κ2) is 10.4. The maximum Gasteiger partial charge on any atom is 0.416 e. The summed E-state index contributed by atoms with van der Waals surface area (Å²) in [6.45, 7) is 4.79. The first-order valence-electron chi connectivity index (χ1n) is 11.9. The number of hydrogen-bond acceptors (Lipinski definition) is 7. The van der Waals surface area contributed by atoms with Gasteiger partial charge in [0.05, 0.1) is 35.2 Å². The summed E-state index contributed by atoms with van der Waals surface area (Å²) in [7, 11) is 1.15. The van der Waals surface area contributed by atoms with Gasteiger partial charge in [-0.1, -0.05) is 17.7 Å². The largest absolute Gasteiger partial charge is 0.488 e. The lowest BCUT2D eigenvalue weighted by molar-refractivity contribution is -0.145. The standard InChI is InChI=1S/C27H25ClF3NO7/c1-26(2,3)39-25(35)32-13-15(11-19(32)24(34)36-4)37-21-10-14(27(29,30)31)8-9-17(21)22-12-20(33)16-6-5-7-18(28)23(16)38-22/h5-10,12,15,19H,11,13H2,1-4H3/t15-,19+/m1/s1. The number of methoxy groups -OCH3 is 1. The van der Waals surface area contributed by atoms with Crippen molar-refractivity contribution in [2.24, 2.45) is 0 Å². The molecule has 2 atom stereocenters. The smallest absolute Gasteiger partial charge is 0.416 e. The van der Waals surface area contributed by atoms with Gasteiger partial charge in [0.25, 0.3) is 0 Å². The normalized spacial score (nSPS) is 17.8. The minimum atomic E-state index is -4.70. The Labute approximate surface area is 226 Å². The van der Waals surface area contributed by atoms with Gasteiger partial charge in [-0.05, 0) is 51.1 Å². The highest BCUT2D eigenvalue weighted by atomic mass is 35.5. The van der Waals surface area contributed by atoms with E-state index in [9.17, 15) is 27.6 Å². The lowest BCUT2D eigenvalue weighted by atomic mass is 10.1. The summed E-state index contributed by atoms with van der Waals surface area (Å²) in [5, 5.41) is 0.343. The molecule has 2 heterocycles. The predicted molar refractivity (Wildman–Crippen MR) is 136 cm³/mol. The van der Waals surface area contributed by atoms with E-state index < -0.39 is 47.0 Å². The van der Waals surface area contributed by atoms with Gasteiger partial charge in [0.15, 0.2) is 11.0 Å². The minimum Gasteiger partial charge on any atom is -0.488 e. The summed E-state index contributed by atoms with van der Waals surface area (Å²) in [5.41, 5.74) is -2.21. The third-order valence-electron chi connectivity index (χ3n) is 5.94. The number of likely N-dealkylation sites (tertiary alicyclic amines) is 1. The van der Waals surface area contributed by atoms with Gasteiger partial charge < -0.3 is 18.6 Å². The summed E-state index contributed by atoms with van der Waals surface area (Å²) in [4.78, 5) is 39.1. The maximum atomic E-state index is 13.6. The molecule has 12 heteroatoms. The highest BCUT2D eigenvalue weighted by molar-refractivity contribution is 6.34. The van der Waals surface area contributed by atoms with Gasteiger partial charge in [0.1, 0.15) is 29.3 Å². The van der Waals surface area contributed by atoms with E-state index in [4.69, 9.17) is 30.2 Å². The Morgan fingerprint density at radius 2 is 1.82 bits per heavy atom. The van der Waals surface area contributed by atoms with Crippen LogP contribution in [-0.4, -0.2) is 48.4 Å². The van der Waals surface area contributed by atoms with Crippen molar-refractivity contribution in [3.63, 3.8) is 0 Å². The number of carbonyl (C=O) groups is 2. The lowest BCUT2D eigenvalue weighted by Crippen LogP contribution is -2.44. The number of ether oxygens (including phenoxy) is 3. The zero-order valence-electron chi connectivity index (χ0n) is 21.4. The molecule has 1 aliphatic rings. The number of amides is 1. The molecule has 3 aromatic rings. The number of halogens is 4. The summed E-state index contributed by atoms with van der Waals surface area (Å²) in [6, 6.07) is 7.37. The van der Waals surface area contributed by atoms with Gasteiger partial charge in [-0.25, -0.2) is 9.59 Å². The summed E-state index contributed by atoms with van der Waals surface area (Å²) in [5.74, 6) is -1.07. The van der Waals surface area contributed by atoms with Gasteiger partial charge in [0, 0.05) is 12.5 Å². The fourth-order valence-corrected chi connectivity index (χ4v) is 4.43. The first kappa shape index (κ1) is 28.3. The average molecular weight is 568 g/mol. The van der Waals surface area contributed by atoms with Crippen LogP contribution in [0.4, 0.5) is 18.0 Å². The molecule has 0 aliphatic carbocycles. The molecular formula is C27H25ClF3NO7. The first-order chi connectivity index (χ1) is 18.2. The molecule has 0 N–H and O–H groups in total. The lowest BCUT2D eigenvalue weighted by Gasteiger charge is -2.27. The van der Waals surface area contributed by atoms with Crippen LogP contribution in [-0.2, 0) is 20.4 Å². The van der Waals surface area contributed by atoms with E-state index in [0.29, 0.717) is 0 Å². The highest BCUT2D eigenvalue weighted by Crippen LogP contribution is 2.39. The maximum absolute atomic E-state index is 13.6. The molecule has 0 unspecified atom stereocenters. The van der Waals surface area contributed by atoms with Crippen molar-refractivity contribution in [2.75, 3.05) is 13.7 Å². The van der Waals surface area contributed by atoms with Crippen LogP contribution >= 0.6 is 11.6 Å². The van der Waals surface area contributed by atoms with E-state index in [-0.39, 0.29) is 46.0 Å². The number of alkyl halides is 3. The quantitative estimate of drug-likeness (QED) is 0.354. The monoisotopic (exact) mass is 567 g/mol. The van der Waals surface area contributed by atoms with Crippen LogP contribution in [0.3, 0.4) is 0 Å². The third-order valence-corrected chi connectivity index (χ3v) is 6.24. The molecule has 39 heavy (non-hydrogen) atoms. The van der Waals surface area contributed by atoms with Crippen molar-refractivity contribution in [3.8, 4) is 17.1 Å². The van der Waals surface area contributed by atoms with E-state index in [2.05, 4.69) is 0 Å². The van der Waals surface area contributed by atoms with E-state index in [1.54, 1.807) is 26.8 Å². The Morgan fingerprint density at radius 1 is 1.10 bits per heavy atom. The molecule has 4 rings (SSSR count). The molecule has 0 saturated carbocycles. The number of benzene rings is 2. The molecule has 1 aliphatic heterocycles. The number of esters is 1. The number of rotatable bonds is 4. The van der Waals surface area contributed by atoms with Crippen LogP contribution in [0.15, 0.2) is 51.7 Å². The van der Waals surface area contributed by atoms with E-state index in [0.717, 1.165) is 36.3 Å². The molecule has 1 aromatic heterocycles. The molecule has 0 spiro atoms. The molecule has 208 valence electrons. The van der Waals surface area contributed by atoms with E-state index >= 15 is 0 Å². The third kappa shape index (κ3) is 6.13. The zero-order chi connectivity index (χ0) is 28.7. The molecule has 1 amide bonds. The second-order valence-electron chi connectivity index (χ2n) is 9.95. The number of nitrogens with zero attached hydrogens (tertiary/aromatic N) is 1. The topological polar surface area (TPSA) is 95.3 Å². The van der Waals surface area contributed by atoms with Crippen LogP contribution in [0.2, 0.25) is 5.02 Å². The summed E-state index contributed by atoms with van der Waals surface area (Å²) >= 11 is 6.20.